The maximum Gasteiger partial charge on any atom is 0.262 e. The summed E-state index contributed by atoms with van der Waals surface area (Å²) in [4.78, 5) is 14.5. The highest BCUT2D eigenvalue weighted by atomic mass is 32.2. The Bertz CT molecular complexity index is 744. The number of anilines is 2. The second-order valence-corrected chi connectivity index (χ2v) is 8.44. The van der Waals surface area contributed by atoms with Gasteiger partial charge in [-0.1, -0.05) is 18.6 Å². The summed E-state index contributed by atoms with van der Waals surface area (Å²) in [5, 5.41) is 5.54. The molecule has 0 saturated carbocycles. The number of hydrogen-bond donors (Lipinski definition) is 2. The molecule has 1 amide bonds. The maximum atomic E-state index is 12.1. The normalized spacial score (nSPS) is 16.0. The molecular formula is C19H25N3O3S2. The van der Waals surface area contributed by atoms with Gasteiger partial charge in [0.2, 0.25) is 5.91 Å². The molecule has 1 aromatic carbocycles. The fraction of sp³-hybridized carbons (Fsp3) is 0.421. The summed E-state index contributed by atoms with van der Waals surface area (Å²) in [6.07, 6.45) is 4.24. The van der Waals surface area contributed by atoms with Crippen LogP contribution in [0.3, 0.4) is 0 Å². The molecular weight excluding hydrogens is 382 g/mol. The lowest BCUT2D eigenvalue weighted by atomic mass is 10.1. The number of thiophene rings is 1. The second-order valence-electron chi connectivity index (χ2n) is 6.62. The van der Waals surface area contributed by atoms with Gasteiger partial charge >= 0.3 is 0 Å². The van der Waals surface area contributed by atoms with Crippen LogP contribution in [0.25, 0.3) is 0 Å². The van der Waals surface area contributed by atoms with Crippen molar-refractivity contribution in [3.8, 4) is 0 Å². The minimum absolute atomic E-state index is 0.0185. The fourth-order valence-corrected chi connectivity index (χ4v) is 4.58. The van der Waals surface area contributed by atoms with Crippen LogP contribution in [0.2, 0.25) is 0 Å². The topological polar surface area (TPSA) is 72.9 Å². The Balaban J connectivity index is 1.50. The summed E-state index contributed by atoms with van der Waals surface area (Å²) in [5.41, 5.74) is 1.65. The van der Waals surface area contributed by atoms with Crippen LogP contribution in [-0.4, -0.2) is 39.2 Å². The Morgan fingerprint density at radius 3 is 2.56 bits per heavy atom. The number of amides is 1. The number of carbonyl (C=O) groups excluding carboxylic acids is 1. The van der Waals surface area contributed by atoms with Crippen LogP contribution in [0, 0.1) is 0 Å². The minimum Gasteiger partial charge on any atom is -0.326 e. The van der Waals surface area contributed by atoms with Crippen molar-refractivity contribution in [3.05, 3.63) is 47.3 Å². The van der Waals surface area contributed by atoms with Crippen molar-refractivity contribution in [2.75, 3.05) is 29.3 Å². The molecule has 146 valence electrons. The molecule has 2 N–H and O–H groups in total. The average Bonchev–Trinajstić information content (AvgIpc) is 3.21. The van der Waals surface area contributed by atoms with Crippen LogP contribution in [0.4, 0.5) is 10.7 Å². The highest BCUT2D eigenvalue weighted by molar-refractivity contribution is 7.81. The van der Waals surface area contributed by atoms with Gasteiger partial charge in [-0.2, -0.15) is 0 Å². The third kappa shape index (κ3) is 6.14. The molecule has 1 aliphatic heterocycles. The molecule has 0 radical (unpaired) electrons. The molecule has 1 fully saturated rings. The number of hydrogen-bond acceptors (Lipinski definition) is 4. The minimum atomic E-state index is -2.08. The molecule has 2 aromatic rings. The van der Waals surface area contributed by atoms with E-state index in [1.807, 2.05) is 41.8 Å². The van der Waals surface area contributed by atoms with Gasteiger partial charge in [-0.25, -0.2) is 4.21 Å². The molecule has 0 bridgehead atoms. The molecule has 1 aromatic heterocycles. The lowest BCUT2D eigenvalue weighted by Crippen LogP contribution is -2.32. The van der Waals surface area contributed by atoms with E-state index in [0.29, 0.717) is 13.0 Å². The van der Waals surface area contributed by atoms with Gasteiger partial charge in [0, 0.05) is 18.7 Å². The maximum absolute atomic E-state index is 12.1. The zero-order valence-corrected chi connectivity index (χ0v) is 16.8. The first-order valence-electron chi connectivity index (χ1n) is 9.15. The van der Waals surface area contributed by atoms with E-state index in [0.717, 1.165) is 35.9 Å². The Morgan fingerprint density at radius 2 is 1.93 bits per heavy atom. The molecule has 0 aliphatic carbocycles. The van der Waals surface area contributed by atoms with Gasteiger partial charge in [-0.3, -0.25) is 13.7 Å². The van der Waals surface area contributed by atoms with Crippen LogP contribution >= 0.6 is 11.3 Å². The summed E-state index contributed by atoms with van der Waals surface area (Å²) in [7, 11) is 0. The average molecular weight is 408 g/mol. The summed E-state index contributed by atoms with van der Waals surface area (Å²) in [5.74, 6) is 0.0185. The number of piperidine rings is 1. The van der Waals surface area contributed by atoms with E-state index in [-0.39, 0.29) is 5.91 Å². The van der Waals surface area contributed by atoms with Crippen molar-refractivity contribution in [1.82, 2.24) is 4.90 Å². The first-order valence-corrected chi connectivity index (χ1v) is 11.1. The highest BCUT2D eigenvalue weighted by Crippen LogP contribution is 2.24. The molecule has 1 unspecified atom stereocenters. The third-order valence-electron chi connectivity index (χ3n) is 4.61. The molecule has 8 heteroatoms. The predicted molar refractivity (Wildman–Crippen MR) is 111 cm³/mol. The van der Waals surface area contributed by atoms with Crippen LogP contribution in [0.15, 0.2) is 41.8 Å². The summed E-state index contributed by atoms with van der Waals surface area (Å²) < 4.78 is 22.6. The number of benzene rings is 1. The van der Waals surface area contributed by atoms with Gasteiger partial charge < -0.3 is 10.2 Å². The number of likely N-dealkylation sites (tertiary alicyclic amines) is 1. The van der Waals surface area contributed by atoms with E-state index in [9.17, 15) is 13.6 Å². The molecule has 2 heterocycles. The second kappa shape index (κ2) is 9.98. The molecule has 27 heavy (non-hydrogen) atoms. The van der Waals surface area contributed by atoms with E-state index in [4.69, 9.17) is 0 Å². The summed E-state index contributed by atoms with van der Waals surface area (Å²) in [6, 6.07) is 11.1. The van der Waals surface area contributed by atoms with E-state index in [2.05, 4.69) is 10.2 Å². The standard InChI is InChI=1S/C19H25N3O3S2/c23-18(10-13-21-11-2-1-3-12-21)20-17-8-6-16(7-9-17)15-22(27(24)25)19-5-4-14-26-19/h4-9,14H,1-3,10-13,15H2,(H,20,23)(H,24,25). The Kier molecular flexibility index (Phi) is 7.40. The van der Waals surface area contributed by atoms with Crippen molar-refractivity contribution < 1.29 is 13.6 Å². The largest absolute Gasteiger partial charge is 0.326 e. The van der Waals surface area contributed by atoms with Gasteiger partial charge in [0.1, 0.15) is 5.00 Å². The number of rotatable bonds is 8. The lowest BCUT2D eigenvalue weighted by Gasteiger charge is -2.25. The smallest absolute Gasteiger partial charge is 0.262 e. The van der Waals surface area contributed by atoms with Crippen molar-refractivity contribution in [3.63, 3.8) is 0 Å². The zero-order valence-electron chi connectivity index (χ0n) is 15.2. The van der Waals surface area contributed by atoms with Crippen molar-refractivity contribution in [2.24, 2.45) is 0 Å². The van der Waals surface area contributed by atoms with Crippen molar-refractivity contribution >= 4 is 39.2 Å². The molecule has 1 saturated heterocycles. The van der Waals surface area contributed by atoms with Gasteiger partial charge in [0.25, 0.3) is 11.3 Å². The zero-order chi connectivity index (χ0) is 19.1. The molecule has 6 nitrogen and oxygen atoms in total. The van der Waals surface area contributed by atoms with Crippen molar-refractivity contribution in [2.45, 2.75) is 32.2 Å². The number of nitrogens with zero attached hydrogens (tertiary/aromatic N) is 2. The molecule has 3 rings (SSSR count). The molecule has 1 atom stereocenters. The van der Waals surface area contributed by atoms with Gasteiger partial charge in [-0.15, -0.1) is 11.3 Å². The van der Waals surface area contributed by atoms with E-state index < -0.39 is 11.3 Å². The van der Waals surface area contributed by atoms with E-state index >= 15 is 0 Å². The SMILES string of the molecule is O=C(CCN1CCCCC1)Nc1ccc(CN(c2cccs2)S(=O)O)cc1. The molecule has 1 aliphatic rings. The first kappa shape index (κ1) is 20.0. The Labute approximate surface area is 166 Å². The highest BCUT2D eigenvalue weighted by Gasteiger charge is 2.14. The van der Waals surface area contributed by atoms with Crippen LogP contribution < -0.4 is 9.62 Å². The van der Waals surface area contributed by atoms with E-state index in [1.54, 1.807) is 0 Å². The van der Waals surface area contributed by atoms with Crippen LogP contribution in [0.1, 0.15) is 31.2 Å². The summed E-state index contributed by atoms with van der Waals surface area (Å²) in [6.45, 7) is 3.32. The molecule has 0 spiro atoms. The quantitative estimate of drug-likeness (QED) is 0.655. The van der Waals surface area contributed by atoms with Gasteiger partial charge in [-0.05, 0) is 61.1 Å². The van der Waals surface area contributed by atoms with Gasteiger partial charge in [0.05, 0.1) is 6.54 Å². The lowest BCUT2D eigenvalue weighted by molar-refractivity contribution is -0.116. The number of carbonyl (C=O) groups is 1. The third-order valence-corrected chi connectivity index (χ3v) is 6.32. The first-order chi connectivity index (χ1) is 13.1. The Morgan fingerprint density at radius 1 is 1.19 bits per heavy atom. The van der Waals surface area contributed by atoms with Crippen molar-refractivity contribution in [1.29, 1.82) is 0 Å². The Hall–Kier alpha value is -1.74. The number of nitrogens with one attached hydrogen (secondary N) is 1. The monoisotopic (exact) mass is 407 g/mol. The van der Waals surface area contributed by atoms with Crippen LogP contribution in [-0.2, 0) is 22.6 Å². The van der Waals surface area contributed by atoms with E-state index in [1.165, 1.54) is 34.9 Å². The van der Waals surface area contributed by atoms with Crippen LogP contribution in [0.5, 0.6) is 0 Å². The fourth-order valence-electron chi connectivity index (χ4n) is 3.15. The van der Waals surface area contributed by atoms with Gasteiger partial charge in [0.15, 0.2) is 0 Å². The summed E-state index contributed by atoms with van der Waals surface area (Å²) >= 11 is -0.665. The predicted octanol–water partition coefficient (Wildman–Crippen LogP) is 3.71.